The van der Waals surface area contributed by atoms with Gasteiger partial charge in [0.2, 0.25) is 0 Å². The quantitative estimate of drug-likeness (QED) is 0.818. The zero-order valence-corrected chi connectivity index (χ0v) is 10.2. The molecule has 0 saturated heterocycles. The van der Waals surface area contributed by atoms with E-state index in [-0.39, 0.29) is 6.54 Å². The van der Waals surface area contributed by atoms with Crippen molar-refractivity contribution in [2.24, 2.45) is 0 Å². The summed E-state index contributed by atoms with van der Waals surface area (Å²) in [4.78, 5) is 12.9. The van der Waals surface area contributed by atoms with Crippen LogP contribution in [0.2, 0.25) is 0 Å². The van der Waals surface area contributed by atoms with Crippen molar-refractivity contribution in [3.63, 3.8) is 0 Å². The molecule has 92 valence electrons. The van der Waals surface area contributed by atoms with Crippen molar-refractivity contribution in [3.05, 3.63) is 35.4 Å². The van der Waals surface area contributed by atoms with Gasteiger partial charge in [-0.05, 0) is 37.3 Å². The van der Waals surface area contributed by atoms with E-state index in [1.165, 1.54) is 11.1 Å². The molecule has 0 aliphatic heterocycles. The molecule has 0 aromatic heterocycles. The van der Waals surface area contributed by atoms with Gasteiger partial charge in [0.05, 0.1) is 6.54 Å². The SMILES string of the molecule is Cc1ccccc1CCN(CC(=O)O)C1CC1. The Hall–Kier alpha value is -1.35. The minimum Gasteiger partial charge on any atom is -0.480 e. The van der Waals surface area contributed by atoms with E-state index in [9.17, 15) is 4.79 Å². The lowest BCUT2D eigenvalue weighted by atomic mass is 10.1. The maximum absolute atomic E-state index is 10.8. The van der Waals surface area contributed by atoms with Crippen LogP contribution in [-0.4, -0.2) is 35.1 Å². The molecule has 1 saturated carbocycles. The highest BCUT2D eigenvalue weighted by molar-refractivity contribution is 5.69. The Morgan fingerprint density at radius 2 is 2.12 bits per heavy atom. The van der Waals surface area contributed by atoms with Gasteiger partial charge in [-0.25, -0.2) is 0 Å². The fourth-order valence-electron chi connectivity index (χ4n) is 2.16. The number of carboxylic acid groups (broad SMARTS) is 1. The normalized spacial score (nSPS) is 15.2. The summed E-state index contributed by atoms with van der Waals surface area (Å²) in [6.07, 6.45) is 3.25. The van der Waals surface area contributed by atoms with E-state index in [1.807, 2.05) is 12.1 Å². The molecule has 17 heavy (non-hydrogen) atoms. The van der Waals surface area contributed by atoms with E-state index < -0.39 is 5.97 Å². The molecule has 0 unspecified atom stereocenters. The molecule has 1 aliphatic carbocycles. The zero-order chi connectivity index (χ0) is 12.3. The first-order valence-electron chi connectivity index (χ1n) is 6.17. The summed E-state index contributed by atoms with van der Waals surface area (Å²) in [5.41, 5.74) is 2.61. The van der Waals surface area contributed by atoms with E-state index in [2.05, 4.69) is 24.0 Å². The fourth-order valence-corrected chi connectivity index (χ4v) is 2.16. The standard InChI is InChI=1S/C14H19NO2/c1-11-4-2-3-5-12(11)8-9-15(10-14(16)17)13-6-7-13/h2-5,13H,6-10H2,1H3,(H,16,17). The first-order valence-corrected chi connectivity index (χ1v) is 6.17. The van der Waals surface area contributed by atoms with Crippen LogP contribution in [0.1, 0.15) is 24.0 Å². The van der Waals surface area contributed by atoms with Gasteiger partial charge in [0.15, 0.2) is 0 Å². The summed E-state index contributed by atoms with van der Waals surface area (Å²) in [5, 5.41) is 8.87. The van der Waals surface area contributed by atoms with Gasteiger partial charge in [-0.3, -0.25) is 9.69 Å². The van der Waals surface area contributed by atoms with Gasteiger partial charge in [-0.1, -0.05) is 24.3 Å². The van der Waals surface area contributed by atoms with Crippen molar-refractivity contribution in [2.75, 3.05) is 13.1 Å². The molecule has 1 aliphatic rings. The van der Waals surface area contributed by atoms with E-state index in [0.29, 0.717) is 6.04 Å². The zero-order valence-electron chi connectivity index (χ0n) is 10.2. The summed E-state index contributed by atoms with van der Waals surface area (Å²) >= 11 is 0. The number of hydrogen-bond donors (Lipinski definition) is 1. The van der Waals surface area contributed by atoms with Crippen LogP contribution in [-0.2, 0) is 11.2 Å². The molecule has 0 bridgehead atoms. The molecule has 3 nitrogen and oxygen atoms in total. The maximum atomic E-state index is 10.8. The van der Waals surface area contributed by atoms with Gasteiger partial charge < -0.3 is 5.11 Å². The second-order valence-electron chi connectivity index (χ2n) is 4.77. The number of hydrogen-bond acceptors (Lipinski definition) is 2. The van der Waals surface area contributed by atoms with Crippen LogP contribution in [0.4, 0.5) is 0 Å². The highest BCUT2D eigenvalue weighted by Crippen LogP contribution is 2.26. The summed E-state index contributed by atoms with van der Waals surface area (Å²) in [6, 6.07) is 8.82. The summed E-state index contributed by atoms with van der Waals surface area (Å²) in [6.45, 7) is 3.13. The Labute approximate surface area is 102 Å². The minimum atomic E-state index is -0.721. The highest BCUT2D eigenvalue weighted by atomic mass is 16.4. The average molecular weight is 233 g/mol. The molecule has 0 spiro atoms. The predicted octanol–water partition coefficient (Wildman–Crippen LogP) is 2.09. The van der Waals surface area contributed by atoms with Crippen molar-refractivity contribution >= 4 is 5.97 Å². The molecular weight excluding hydrogens is 214 g/mol. The van der Waals surface area contributed by atoms with Gasteiger partial charge >= 0.3 is 5.97 Å². The van der Waals surface area contributed by atoms with Gasteiger partial charge in [0, 0.05) is 12.6 Å². The number of rotatable bonds is 6. The molecule has 1 aromatic rings. The molecule has 2 rings (SSSR count). The molecule has 1 aromatic carbocycles. The maximum Gasteiger partial charge on any atom is 0.317 e. The molecule has 1 N–H and O–H groups in total. The van der Waals surface area contributed by atoms with Crippen LogP contribution in [0.25, 0.3) is 0 Å². The fraction of sp³-hybridized carbons (Fsp3) is 0.500. The van der Waals surface area contributed by atoms with Crippen molar-refractivity contribution in [1.82, 2.24) is 4.90 Å². The van der Waals surface area contributed by atoms with Crippen molar-refractivity contribution in [3.8, 4) is 0 Å². The number of carbonyl (C=O) groups is 1. The van der Waals surface area contributed by atoms with Crippen LogP contribution in [0.5, 0.6) is 0 Å². The Bertz CT molecular complexity index is 399. The lowest BCUT2D eigenvalue weighted by molar-refractivity contribution is -0.138. The Kier molecular flexibility index (Phi) is 3.79. The minimum absolute atomic E-state index is 0.177. The van der Waals surface area contributed by atoms with Gasteiger partial charge in [-0.2, -0.15) is 0 Å². The number of benzene rings is 1. The predicted molar refractivity (Wildman–Crippen MR) is 67.1 cm³/mol. The Morgan fingerprint density at radius 3 is 2.71 bits per heavy atom. The average Bonchev–Trinajstić information content (AvgIpc) is 3.09. The van der Waals surface area contributed by atoms with Crippen molar-refractivity contribution in [1.29, 1.82) is 0 Å². The molecule has 3 heteroatoms. The lowest BCUT2D eigenvalue weighted by Gasteiger charge is -2.20. The molecular formula is C14H19NO2. The molecule has 1 fully saturated rings. The molecule has 0 radical (unpaired) electrons. The van der Waals surface area contributed by atoms with Gasteiger partial charge in [0.1, 0.15) is 0 Å². The van der Waals surface area contributed by atoms with E-state index in [4.69, 9.17) is 5.11 Å². The smallest absolute Gasteiger partial charge is 0.317 e. The van der Waals surface area contributed by atoms with Crippen molar-refractivity contribution in [2.45, 2.75) is 32.2 Å². The number of nitrogens with zero attached hydrogens (tertiary/aromatic N) is 1. The van der Waals surface area contributed by atoms with Gasteiger partial charge in [0.25, 0.3) is 0 Å². The summed E-state index contributed by atoms with van der Waals surface area (Å²) < 4.78 is 0. The third-order valence-electron chi connectivity index (χ3n) is 3.33. The number of aryl methyl sites for hydroxylation is 1. The first-order chi connectivity index (χ1) is 8.16. The second-order valence-corrected chi connectivity index (χ2v) is 4.77. The number of carboxylic acids is 1. The third-order valence-corrected chi connectivity index (χ3v) is 3.33. The topological polar surface area (TPSA) is 40.5 Å². The summed E-state index contributed by atoms with van der Waals surface area (Å²) in [5.74, 6) is -0.721. The first kappa shape index (κ1) is 12.1. The highest BCUT2D eigenvalue weighted by Gasteiger charge is 2.29. The van der Waals surface area contributed by atoms with Crippen LogP contribution in [0.15, 0.2) is 24.3 Å². The van der Waals surface area contributed by atoms with E-state index in [0.717, 1.165) is 25.8 Å². The third kappa shape index (κ3) is 3.56. The Morgan fingerprint density at radius 1 is 1.41 bits per heavy atom. The van der Waals surface area contributed by atoms with Crippen LogP contribution >= 0.6 is 0 Å². The molecule has 0 atom stereocenters. The monoisotopic (exact) mass is 233 g/mol. The molecule has 0 amide bonds. The van der Waals surface area contributed by atoms with Gasteiger partial charge in [-0.15, -0.1) is 0 Å². The van der Waals surface area contributed by atoms with Crippen LogP contribution in [0, 0.1) is 6.92 Å². The molecule has 0 heterocycles. The Balaban J connectivity index is 1.91. The second kappa shape index (κ2) is 5.32. The van der Waals surface area contributed by atoms with Crippen LogP contribution < -0.4 is 0 Å². The summed E-state index contributed by atoms with van der Waals surface area (Å²) in [7, 11) is 0. The van der Waals surface area contributed by atoms with Crippen LogP contribution in [0.3, 0.4) is 0 Å². The largest absolute Gasteiger partial charge is 0.480 e. The lowest BCUT2D eigenvalue weighted by Crippen LogP contribution is -2.33. The van der Waals surface area contributed by atoms with Crippen molar-refractivity contribution < 1.29 is 9.90 Å². The number of aliphatic carboxylic acids is 1. The van der Waals surface area contributed by atoms with E-state index in [1.54, 1.807) is 0 Å². The van der Waals surface area contributed by atoms with E-state index >= 15 is 0 Å².